The number of aliphatic hydroxyl groups is 1. The molecule has 0 spiro atoms. The molecule has 2 aromatic heterocycles. The summed E-state index contributed by atoms with van der Waals surface area (Å²) in [5.41, 5.74) is 4.47. The number of amides is 1. The summed E-state index contributed by atoms with van der Waals surface area (Å²) < 4.78 is 3.62. The van der Waals surface area contributed by atoms with E-state index in [1.165, 1.54) is 0 Å². The maximum absolute atomic E-state index is 13.6. The summed E-state index contributed by atoms with van der Waals surface area (Å²) in [7, 11) is 0. The van der Waals surface area contributed by atoms with Crippen LogP contribution in [0.25, 0.3) is 16.7 Å². The number of halogens is 1. The minimum Gasteiger partial charge on any atom is -0.389 e. The average Bonchev–Trinajstić information content (AvgIpc) is 3.17. The predicted molar refractivity (Wildman–Crippen MR) is 145 cm³/mol. The summed E-state index contributed by atoms with van der Waals surface area (Å²) in [4.78, 5) is 30.6. The Bertz CT molecular complexity index is 1480. The molecule has 2 N–H and O–H groups in total. The van der Waals surface area contributed by atoms with Crippen LogP contribution in [0.4, 0.5) is 0 Å². The highest BCUT2D eigenvalue weighted by molar-refractivity contribution is 6.30. The number of aliphatic hydroxyl groups excluding tert-OH is 1. The van der Waals surface area contributed by atoms with Gasteiger partial charge in [-0.1, -0.05) is 35.9 Å². The number of aromatic nitrogens is 3. The van der Waals surface area contributed by atoms with Gasteiger partial charge in [-0.2, -0.15) is 0 Å². The van der Waals surface area contributed by atoms with Gasteiger partial charge in [0.05, 0.1) is 39.1 Å². The smallest absolute Gasteiger partial charge is 0.333 e. The molecule has 2 aromatic carbocycles. The Labute approximate surface area is 220 Å². The van der Waals surface area contributed by atoms with Crippen LogP contribution in [0.2, 0.25) is 5.02 Å². The van der Waals surface area contributed by atoms with Crippen LogP contribution in [-0.2, 0) is 6.54 Å². The van der Waals surface area contributed by atoms with Crippen LogP contribution in [0.15, 0.2) is 65.6 Å². The van der Waals surface area contributed by atoms with Crippen molar-refractivity contribution in [1.82, 2.24) is 19.4 Å². The molecule has 37 heavy (non-hydrogen) atoms. The van der Waals surface area contributed by atoms with E-state index >= 15 is 0 Å². The number of hydrogen-bond acceptors (Lipinski definition) is 4. The molecule has 1 unspecified atom stereocenters. The second-order valence-corrected chi connectivity index (χ2v) is 10.4. The van der Waals surface area contributed by atoms with E-state index in [1.807, 2.05) is 53.1 Å². The lowest BCUT2D eigenvalue weighted by Crippen LogP contribution is -2.39. The Morgan fingerprint density at radius 2 is 1.78 bits per heavy atom. The molecule has 0 radical (unpaired) electrons. The predicted octanol–water partition coefficient (Wildman–Crippen LogP) is 5.19. The van der Waals surface area contributed by atoms with Gasteiger partial charge in [0.25, 0.3) is 5.91 Å². The molecule has 5 rings (SSSR count). The summed E-state index contributed by atoms with van der Waals surface area (Å²) in [6.07, 6.45) is 4.55. The Morgan fingerprint density at radius 1 is 1.11 bits per heavy atom. The first-order valence-electron chi connectivity index (χ1n) is 12.7. The molecule has 0 saturated heterocycles. The number of imidazole rings is 1. The molecule has 2 heterocycles. The summed E-state index contributed by atoms with van der Waals surface area (Å²) in [6.45, 7) is 4.16. The molecule has 192 valence electrons. The number of carbonyl (C=O) groups excluding carboxylic acids is 1. The van der Waals surface area contributed by atoms with E-state index in [9.17, 15) is 14.7 Å². The van der Waals surface area contributed by atoms with Gasteiger partial charge in [-0.05, 0) is 81.3 Å². The lowest BCUT2D eigenvalue weighted by Gasteiger charge is -2.29. The standard InChI is InChI=1S/C29H31ClN4O3/c1-18-25(15-22(30)16-31-18)28(36)32-23-11-7-20(8-12-23)17-33-26-5-3-4-6-27(26)34(29(33)37)24-13-9-21(10-14-24)19(2)35/h3-6,9-10,13-16,19-20,23,35H,7-8,11-12,17H2,1-2H3,(H,32,36)/t19?,20-,23-. The molecule has 8 heteroatoms. The molecular weight excluding hydrogens is 488 g/mol. The number of nitrogens with one attached hydrogen (secondary N) is 1. The van der Waals surface area contributed by atoms with Crippen molar-refractivity contribution in [2.24, 2.45) is 5.92 Å². The topological polar surface area (TPSA) is 89.2 Å². The lowest BCUT2D eigenvalue weighted by molar-refractivity contribution is 0.0919. The number of pyridine rings is 1. The van der Waals surface area contributed by atoms with Crippen LogP contribution >= 0.6 is 11.6 Å². The maximum atomic E-state index is 13.6. The van der Waals surface area contributed by atoms with Crippen molar-refractivity contribution in [2.45, 2.75) is 58.2 Å². The molecule has 1 atom stereocenters. The fraction of sp³-hybridized carbons (Fsp3) is 0.345. The highest BCUT2D eigenvalue weighted by Crippen LogP contribution is 2.28. The van der Waals surface area contributed by atoms with Gasteiger partial charge in [0.1, 0.15) is 0 Å². The number of aryl methyl sites for hydroxylation is 1. The minimum absolute atomic E-state index is 0.0645. The van der Waals surface area contributed by atoms with Gasteiger partial charge in [-0.15, -0.1) is 0 Å². The third-order valence-corrected chi connectivity index (χ3v) is 7.60. The monoisotopic (exact) mass is 518 g/mol. The van der Waals surface area contributed by atoms with Crippen molar-refractivity contribution in [3.05, 3.63) is 93.1 Å². The number of hydrogen-bond donors (Lipinski definition) is 2. The van der Waals surface area contributed by atoms with E-state index in [4.69, 9.17) is 11.6 Å². The molecule has 1 aliphatic rings. The first-order chi connectivity index (χ1) is 17.8. The molecule has 7 nitrogen and oxygen atoms in total. The van der Waals surface area contributed by atoms with E-state index in [0.717, 1.165) is 48.0 Å². The van der Waals surface area contributed by atoms with Gasteiger partial charge in [0, 0.05) is 18.8 Å². The fourth-order valence-electron chi connectivity index (χ4n) is 5.28. The van der Waals surface area contributed by atoms with Crippen LogP contribution in [0.3, 0.4) is 0 Å². The van der Waals surface area contributed by atoms with E-state index in [1.54, 1.807) is 30.7 Å². The molecule has 1 saturated carbocycles. The molecule has 4 aromatic rings. The van der Waals surface area contributed by atoms with Crippen LogP contribution in [0.5, 0.6) is 0 Å². The first-order valence-corrected chi connectivity index (χ1v) is 13.1. The van der Waals surface area contributed by atoms with E-state index < -0.39 is 6.10 Å². The second kappa shape index (κ2) is 10.5. The van der Waals surface area contributed by atoms with Crippen LogP contribution in [0.1, 0.15) is 60.3 Å². The maximum Gasteiger partial charge on any atom is 0.333 e. The number of rotatable bonds is 6. The third-order valence-electron chi connectivity index (χ3n) is 7.39. The highest BCUT2D eigenvalue weighted by Gasteiger charge is 2.25. The molecular formula is C29H31ClN4O3. The zero-order chi connectivity index (χ0) is 26.1. The number of fused-ring (bicyclic) bond motifs is 1. The lowest BCUT2D eigenvalue weighted by atomic mass is 9.85. The third kappa shape index (κ3) is 5.20. The van der Waals surface area contributed by atoms with E-state index in [0.29, 0.717) is 28.7 Å². The number of benzene rings is 2. The molecule has 1 aliphatic carbocycles. The average molecular weight is 519 g/mol. The first kappa shape index (κ1) is 25.2. The largest absolute Gasteiger partial charge is 0.389 e. The fourth-order valence-corrected chi connectivity index (χ4v) is 5.44. The normalized spacial score (nSPS) is 18.6. The van der Waals surface area contributed by atoms with Crippen LogP contribution in [-0.4, -0.2) is 31.2 Å². The van der Waals surface area contributed by atoms with Crippen molar-refractivity contribution in [2.75, 3.05) is 0 Å². The van der Waals surface area contributed by atoms with Gasteiger partial charge in [-0.3, -0.25) is 18.9 Å². The SMILES string of the molecule is Cc1ncc(Cl)cc1C(=O)N[C@H]1CC[C@H](Cn2c(=O)n(-c3ccc(C(C)O)cc3)c3ccccc32)CC1. The van der Waals surface area contributed by atoms with Gasteiger partial charge in [0.2, 0.25) is 0 Å². The molecule has 0 aliphatic heterocycles. The highest BCUT2D eigenvalue weighted by atomic mass is 35.5. The molecule has 1 amide bonds. The summed E-state index contributed by atoms with van der Waals surface area (Å²) in [5.74, 6) is 0.203. The molecule has 0 bridgehead atoms. The Morgan fingerprint density at radius 3 is 2.46 bits per heavy atom. The second-order valence-electron chi connectivity index (χ2n) is 9.96. The van der Waals surface area contributed by atoms with Gasteiger partial charge in [-0.25, -0.2) is 4.79 Å². The summed E-state index contributed by atoms with van der Waals surface area (Å²) in [5, 5.41) is 13.4. The van der Waals surface area contributed by atoms with Gasteiger partial charge in [0.15, 0.2) is 0 Å². The van der Waals surface area contributed by atoms with Crippen molar-refractivity contribution < 1.29 is 9.90 Å². The zero-order valence-electron chi connectivity index (χ0n) is 21.0. The quantitative estimate of drug-likeness (QED) is 0.367. The van der Waals surface area contributed by atoms with Crippen molar-refractivity contribution in [3.8, 4) is 5.69 Å². The minimum atomic E-state index is -0.557. The van der Waals surface area contributed by atoms with Crippen molar-refractivity contribution in [3.63, 3.8) is 0 Å². The van der Waals surface area contributed by atoms with Crippen LogP contribution < -0.4 is 11.0 Å². The van der Waals surface area contributed by atoms with Gasteiger partial charge < -0.3 is 10.4 Å². The van der Waals surface area contributed by atoms with Crippen molar-refractivity contribution in [1.29, 1.82) is 0 Å². The van der Waals surface area contributed by atoms with Crippen molar-refractivity contribution >= 4 is 28.5 Å². The van der Waals surface area contributed by atoms with E-state index in [2.05, 4.69) is 10.3 Å². The number of para-hydroxylation sites is 2. The van der Waals surface area contributed by atoms with Gasteiger partial charge >= 0.3 is 5.69 Å². The summed E-state index contributed by atoms with van der Waals surface area (Å²) in [6, 6.07) is 17.1. The molecule has 1 fully saturated rings. The Hall–Kier alpha value is -3.42. The summed E-state index contributed by atoms with van der Waals surface area (Å²) >= 11 is 6.03. The number of carbonyl (C=O) groups is 1. The Balaban J connectivity index is 1.31. The zero-order valence-corrected chi connectivity index (χ0v) is 21.8. The Kier molecular flexibility index (Phi) is 7.17. The van der Waals surface area contributed by atoms with E-state index in [-0.39, 0.29) is 17.6 Å². The van der Waals surface area contributed by atoms with Crippen LogP contribution in [0, 0.1) is 12.8 Å². The number of nitrogens with zero attached hydrogens (tertiary/aromatic N) is 3.